The van der Waals surface area contributed by atoms with Crippen molar-refractivity contribution >= 4 is 29.2 Å². The summed E-state index contributed by atoms with van der Waals surface area (Å²) in [5.74, 6) is -2.54. The number of anilines is 1. The lowest BCUT2D eigenvalue weighted by Gasteiger charge is -2.07. The van der Waals surface area contributed by atoms with Crippen molar-refractivity contribution in [3.8, 4) is 0 Å². The molecule has 5 nitrogen and oxygen atoms in total. The Hall–Kier alpha value is -2.47. The molecule has 0 aliphatic heterocycles. The van der Waals surface area contributed by atoms with Crippen LogP contribution in [0.4, 0.5) is 10.1 Å². The van der Waals surface area contributed by atoms with Crippen LogP contribution >= 0.6 is 11.6 Å². The van der Waals surface area contributed by atoms with Crippen LogP contribution < -0.4 is 5.32 Å². The lowest BCUT2D eigenvalue weighted by molar-refractivity contribution is 0.0696. The molecule has 0 fully saturated rings. The number of nitrogens with one attached hydrogen (secondary N) is 1. The third-order valence-corrected chi connectivity index (χ3v) is 2.61. The molecule has 7 heteroatoms. The fourth-order valence-corrected chi connectivity index (χ4v) is 1.77. The average Bonchev–Trinajstić information content (AvgIpc) is 2.37. The molecule has 20 heavy (non-hydrogen) atoms. The van der Waals surface area contributed by atoms with Gasteiger partial charge in [-0.2, -0.15) is 4.39 Å². The fourth-order valence-electron chi connectivity index (χ4n) is 1.53. The van der Waals surface area contributed by atoms with E-state index in [-0.39, 0.29) is 21.8 Å². The van der Waals surface area contributed by atoms with Crippen LogP contribution in [0.3, 0.4) is 0 Å². The number of aromatic nitrogens is 1. The number of carbonyl (C=O) groups excluding carboxylic acids is 1. The number of rotatable bonds is 3. The molecule has 1 heterocycles. The third kappa shape index (κ3) is 3.30. The number of nitrogens with zero attached hydrogens (tertiary/aromatic N) is 1. The number of halogens is 2. The van der Waals surface area contributed by atoms with Crippen LogP contribution in [0.1, 0.15) is 20.7 Å². The molecule has 0 unspecified atom stereocenters. The Morgan fingerprint density at radius 1 is 1.20 bits per heavy atom. The number of benzene rings is 1. The molecule has 1 amide bonds. The van der Waals surface area contributed by atoms with Gasteiger partial charge in [0.2, 0.25) is 5.95 Å². The summed E-state index contributed by atoms with van der Waals surface area (Å²) in [6, 6.07) is 6.21. The molecule has 102 valence electrons. The largest absolute Gasteiger partial charge is 0.478 e. The van der Waals surface area contributed by atoms with E-state index in [1.165, 1.54) is 24.3 Å². The monoisotopic (exact) mass is 294 g/mol. The smallest absolute Gasteiger partial charge is 0.335 e. The van der Waals surface area contributed by atoms with E-state index >= 15 is 0 Å². The fraction of sp³-hybridized carbons (Fsp3) is 0. The summed E-state index contributed by atoms with van der Waals surface area (Å²) in [5.41, 5.74) is 0.208. The van der Waals surface area contributed by atoms with Crippen molar-refractivity contribution in [1.82, 2.24) is 4.98 Å². The van der Waals surface area contributed by atoms with Gasteiger partial charge in [0, 0.05) is 28.5 Å². The number of aromatic carboxylic acids is 1. The highest BCUT2D eigenvalue weighted by atomic mass is 35.5. The Balaban J connectivity index is 2.26. The summed E-state index contributed by atoms with van der Waals surface area (Å²) >= 11 is 5.76. The molecule has 0 aliphatic carbocycles. The highest BCUT2D eigenvalue weighted by molar-refractivity contribution is 6.31. The normalized spacial score (nSPS) is 10.1. The van der Waals surface area contributed by atoms with Crippen LogP contribution in [0.5, 0.6) is 0 Å². The molecule has 0 spiro atoms. The minimum atomic E-state index is -1.17. The van der Waals surface area contributed by atoms with Gasteiger partial charge in [-0.25, -0.2) is 9.78 Å². The van der Waals surface area contributed by atoms with Crippen LogP contribution in [0.2, 0.25) is 5.02 Å². The predicted molar refractivity (Wildman–Crippen MR) is 70.6 cm³/mol. The van der Waals surface area contributed by atoms with Crippen molar-refractivity contribution in [3.05, 3.63) is 58.6 Å². The Morgan fingerprint density at radius 3 is 2.60 bits per heavy atom. The molecular formula is C13H8ClFN2O3. The molecule has 0 saturated heterocycles. The maximum absolute atomic E-state index is 12.9. The van der Waals surface area contributed by atoms with Crippen LogP contribution in [-0.2, 0) is 0 Å². The van der Waals surface area contributed by atoms with Gasteiger partial charge in [0.15, 0.2) is 0 Å². The second-order valence-corrected chi connectivity index (χ2v) is 4.29. The highest BCUT2D eigenvalue weighted by Gasteiger charge is 2.11. The number of carbonyl (C=O) groups is 2. The first-order valence-corrected chi connectivity index (χ1v) is 5.80. The SMILES string of the molecule is O=C(O)c1cc(Cl)cc(NC(=O)c2ccnc(F)c2)c1. The van der Waals surface area contributed by atoms with Gasteiger partial charge in [-0.1, -0.05) is 11.6 Å². The van der Waals surface area contributed by atoms with Crippen molar-refractivity contribution in [2.45, 2.75) is 0 Å². The van der Waals surface area contributed by atoms with E-state index in [0.717, 1.165) is 12.3 Å². The third-order valence-electron chi connectivity index (χ3n) is 2.39. The first kappa shape index (κ1) is 14.0. The zero-order valence-corrected chi connectivity index (χ0v) is 10.7. The number of hydrogen-bond donors (Lipinski definition) is 2. The Morgan fingerprint density at radius 2 is 1.95 bits per heavy atom. The average molecular weight is 295 g/mol. The van der Waals surface area contributed by atoms with Crippen LogP contribution in [0.15, 0.2) is 36.5 Å². The lowest BCUT2D eigenvalue weighted by atomic mass is 10.2. The molecule has 1 aromatic carbocycles. The molecule has 0 atom stereocenters. The quantitative estimate of drug-likeness (QED) is 0.853. The van der Waals surface area contributed by atoms with Crippen molar-refractivity contribution in [2.24, 2.45) is 0 Å². The summed E-state index contributed by atoms with van der Waals surface area (Å²) in [7, 11) is 0. The van der Waals surface area contributed by atoms with Crippen molar-refractivity contribution in [3.63, 3.8) is 0 Å². The Bertz CT molecular complexity index is 691. The molecule has 0 aliphatic rings. The van der Waals surface area contributed by atoms with Gasteiger partial charge < -0.3 is 10.4 Å². The standard InChI is InChI=1S/C13H8ClFN2O3/c14-9-3-8(13(19)20)4-10(6-9)17-12(18)7-1-2-16-11(15)5-7/h1-6H,(H,17,18)(H,19,20). The van der Waals surface area contributed by atoms with Crippen LogP contribution in [-0.4, -0.2) is 22.0 Å². The minimum Gasteiger partial charge on any atom is -0.478 e. The molecule has 2 rings (SSSR count). The van der Waals surface area contributed by atoms with Gasteiger partial charge in [0.1, 0.15) is 0 Å². The van der Waals surface area contributed by atoms with E-state index in [2.05, 4.69) is 10.3 Å². The molecule has 0 saturated carbocycles. The molecule has 0 bridgehead atoms. The summed E-state index contributed by atoms with van der Waals surface area (Å²) in [5, 5.41) is 11.5. The van der Waals surface area contributed by atoms with Gasteiger partial charge in [0.25, 0.3) is 5.91 Å². The number of carboxylic acid groups (broad SMARTS) is 1. The zero-order chi connectivity index (χ0) is 14.7. The van der Waals surface area contributed by atoms with E-state index < -0.39 is 17.8 Å². The molecule has 0 radical (unpaired) electrons. The maximum atomic E-state index is 12.9. The number of carboxylic acids is 1. The molecule has 2 N–H and O–H groups in total. The zero-order valence-electron chi connectivity index (χ0n) is 9.93. The van der Waals surface area contributed by atoms with Crippen molar-refractivity contribution in [2.75, 3.05) is 5.32 Å². The van der Waals surface area contributed by atoms with Gasteiger partial charge >= 0.3 is 5.97 Å². The topological polar surface area (TPSA) is 79.3 Å². The van der Waals surface area contributed by atoms with Gasteiger partial charge in [0.05, 0.1) is 5.56 Å². The van der Waals surface area contributed by atoms with E-state index in [4.69, 9.17) is 16.7 Å². The predicted octanol–water partition coefficient (Wildman–Crippen LogP) is 2.82. The highest BCUT2D eigenvalue weighted by Crippen LogP contribution is 2.20. The van der Waals surface area contributed by atoms with E-state index in [1.807, 2.05) is 0 Å². The Kier molecular flexibility index (Phi) is 3.95. The Labute approximate surface area is 118 Å². The number of amides is 1. The van der Waals surface area contributed by atoms with Crippen LogP contribution in [0, 0.1) is 5.95 Å². The molecule has 2 aromatic rings. The number of hydrogen-bond acceptors (Lipinski definition) is 3. The number of pyridine rings is 1. The molecular weight excluding hydrogens is 287 g/mol. The van der Waals surface area contributed by atoms with Crippen molar-refractivity contribution in [1.29, 1.82) is 0 Å². The van der Waals surface area contributed by atoms with E-state index in [9.17, 15) is 14.0 Å². The second-order valence-electron chi connectivity index (χ2n) is 3.86. The van der Waals surface area contributed by atoms with Gasteiger partial charge in [-0.15, -0.1) is 0 Å². The van der Waals surface area contributed by atoms with Crippen molar-refractivity contribution < 1.29 is 19.1 Å². The first-order valence-electron chi connectivity index (χ1n) is 5.42. The first-order chi connectivity index (χ1) is 9.45. The summed E-state index contributed by atoms with van der Waals surface area (Å²) in [4.78, 5) is 26.1. The van der Waals surface area contributed by atoms with Crippen LogP contribution in [0.25, 0.3) is 0 Å². The van der Waals surface area contributed by atoms with E-state index in [0.29, 0.717) is 0 Å². The second kappa shape index (κ2) is 5.66. The summed E-state index contributed by atoms with van der Waals surface area (Å²) < 4.78 is 12.9. The summed E-state index contributed by atoms with van der Waals surface area (Å²) in [6.07, 6.45) is 1.16. The van der Waals surface area contributed by atoms with Gasteiger partial charge in [-0.05, 0) is 24.3 Å². The lowest BCUT2D eigenvalue weighted by Crippen LogP contribution is -2.13. The maximum Gasteiger partial charge on any atom is 0.335 e. The minimum absolute atomic E-state index is 0.0614. The van der Waals surface area contributed by atoms with Gasteiger partial charge in [-0.3, -0.25) is 4.79 Å². The molecule has 1 aromatic heterocycles. The van der Waals surface area contributed by atoms with E-state index in [1.54, 1.807) is 0 Å². The summed E-state index contributed by atoms with van der Waals surface area (Å²) in [6.45, 7) is 0.